The molecular formula is C15H15NO. The minimum atomic E-state index is 0.732. The van der Waals surface area contributed by atoms with Crippen LogP contribution in [0.1, 0.15) is 11.1 Å². The zero-order valence-corrected chi connectivity index (χ0v) is 9.81. The van der Waals surface area contributed by atoms with E-state index >= 15 is 0 Å². The SMILES string of the molecule is C=Cc1ccc(Oc2ccc(N)cc2)cc1C. The van der Waals surface area contributed by atoms with Crippen molar-refractivity contribution < 1.29 is 4.74 Å². The molecule has 0 aliphatic rings. The predicted octanol–water partition coefficient (Wildman–Crippen LogP) is 4.01. The summed E-state index contributed by atoms with van der Waals surface area (Å²) >= 11 is 0. The third-order valence-electron chi connectivity index (χ3n) is 2.58. The van der Waals surface area contributed by atoms with Gasteiger partial charge in [0.1, 0.15) is 11.5 Å². The Kier molecular flexibility index (Phi) is 3.15. The quantitative estimate of drug-likeness (QED) is 0.801. The van der Waals surface area contributed by atoms with Gasteiger partial charge in [0.2, 0.25) is 0 Å². The van der Waals surface area contributed by atoms with E-state index in [1.54, 1.807) is 0 Å². The number of anilines is 1. The van der Waals surface area contributed by atoms with E-state index in [1.165, 1.54) is 0 Å². The van der Waals surface area contributed by atoms with Gasteiger partial charge in [0.25, 0.3) is 0 Å². The number of benzene rings is 2. The van der Waals surface area contributed by atoms with Gasteiger partial charge in [-0.15, -0.1) is 0 Å². The fourth-order valence-electron chi connectivity index (χ4n) is 1.61. The summed E-state index contributed by atoms with van der Waals surface area (Å²) in [5.41, 5.74) is 8.61. The van der Waals surface area contributed by atoms with Crippen molar-refractivity contribution in [3.8, 4) is 11.5 Å². The maximum atomic E-state index is 5.72. The second kappa shape index (κ2) is 4.74. The molecule has 0 aliphatic carbocycles. The molecule has 0 bridgehead atoms. The van der Waals surface area contributed by atoms with E-state index in [2.05, 4.69) is 6.58 Å². The third-order valence-corrected chi connectivity index (χ3v) is 2.58. The Labute approximate surface area is 101 Å². The molecule has 0 spiro atoms. The molecule has 2 aromatic carbocycles. The number of hydrogen-bond donors (Lipinski definition) is 1. The summed E-state index contributed by atoms with van der Waals surface area (Å²) in [6.45, 7) is 5.79. The van der Waals surface area contributed by atoms with E-state index in [0.29, 0.717) is 0 Å². The number of ether oxygens (including phenoxy) is 1. The second-order valence-electron chi connectivity index (χ2n) is 3.89. The van der Waals surface area contributed by atoms with E-state index in [0.717, 1.165) is 28.3 Å². The minimum absolute atomic E-state index is 0.732. The lowest BCUT2D eigenvalue weighted by atomic mass is 10.1. The van der Waals surface area contributed by atoms with Crippen molar-refractivity contribution in [3.63, 3.8) is 0 Å². The molecule has 2 rings (SSSR count). The van der Waals surface area contributed by atoms with E-state index < -0.39 is 0 Å². The fourth-order valence-corrected chi connectivity index (χ4v) is 1.61. The molecule has 0 heterocycles. The summed E-state index contributed by atoms with van der Waals surface area (Å²) in [4.78, 5) is 0. The molecule has 0 saturated heterocycles. The van der Waals surface area contributed by atoms with Gasteiger partial charge in [0.15, 0.2) is 0 Å². The topological polar surface area (TPSA) is 35.2 Å². The first-order valence-electron chi connectivity index (χ1n) is 5.45. The number of nitrogens with two attached hydrogens (primary N) is 1. The standard InChI is InChI=1S/C15H15NO/c1-3-12-4-7-15(10-11(12)2)17-14-8-5-13(16)6-9-14/h3-10H,1,16H2,2H3. The second-order valence-corrected chi connectivity index (χ2v) is 3.89. The van der Waals surface area contributed by atoms with Gasteiger partial charge in [-0.05, 0) is 54.4 Å². The minimum Gasteiger partial charge on any atom is -0.457 e. The van der Waals surface area contributed by atoms with E-state index in [9.17, 15) is 0 Å². The molecule has 0 unspecified atom stereocenters. The Balaban J connectivity index is 2.21. The number of hydrogen-bond acceptors (Lipinski definition) is 2. The molecule has 2 nitrogen and oxygen atoms in total. The molecule has 0 atom stereocenters. The molecule has 0 amide bonds. The summed E-state index contributed by atoms with van der Waals surface area (Å²) in [5.74, 6) is 1.60. The van der Waals surface area contributed by atoms with Crippen molar-refractivity contribution in [2.75, 3.05) is 5.73 Å². The Hall–Kier alpha value is -2.22. The lowest BCUT2D eigenvalue weighted by Gasteiger charge is -2.08. The molecule has 0 saturated carbocycles. The highest BCUT2D eigenvalue weighted by Gasteiger charge is 2.00. The van der Waals surface area contributed by atoms with Crippen molar-refractivity contribution in [3.05, 3.63) is 60.2 Å². The van der Waals surface area contributed by atoms with Gasteiger partial charge >= 0.3 is 0 Å². The maximum absolute atomic E-state index is 5.72. The average molecular weight is 225 g/mol. The van der Waals surface area contributed by atoms with E-state index in [1.807, 2.05) is 55.5 Å². The molecule has 2 aromatic rings. The van der Waals surface area contributed by atoms with Crippen LogP contribution in [0.4, 0.5) is 5.69 Å². The first-order chi connectivity index (χ1) is 8.19. The fraction of sp³-hybridized carbons (Fsp3) is 0.0667. The highest BCUT2D eigenvalue weighted by molar-refractivity contribution is 5.54. The van der Waals surface area contributed by atoms with Crippen LogP contribution >= 0.6 is 0 Å². The molecule has 0 aromatic heterocycles. The Morgan fingerprint density at radius 3 is 2.29 bits per heavy atom. The molecule has 86 valence electrons. The number of rotatable bonds is 3. The van der Waals surface area contributed by atoms with Crippen molar-refractivity contribution >= 4 is 11.8 Å². The van der Waals surface area contributed by atoms with Crippen LogP contribution in [0.25, 0.3) is 6.08 Å². The predicted molar refractivity (Wildman–Crippen MR) is 72.2 cm³/mol. The molecule has 2 N–H and O–H groups in total. The lowest BCUT2D eigenvalue weighted by molar-refractivity contribution is 0.482. The van der Waals surface area contributed by atoms with Gasteiger partial charge in [-0.2, -0.15) is 0 Å². The normalized spacial score (nSPS) is 9.94. The summed E-state index contributed by atoms with van der Waals surface area (Å²) in [5, 5.41) is 0. The van der Waals surface area contributed by atoms with Crippen LogP contribution in [0.15, 0.2) is 49.0 Å². The third kappa shape index (κ3) is 2.67. The van der Waals surface area contributed by atoms with E-state index in [4.69, 9.17) is 10.5 Å². The Morgan fingerprint density at radius 2 is 1.71 bits per heavy atom. The molecule has 0 radical (unpaired) electrons. The van der Waals surface area contributed by atoms with Gasteiger partial charge < -0.3 is 10.5 Å². The first-order valence-corrected chi connectivity index (χ1v) is 5.45. The number of aryl methyl sites for hydroxylation is 1. The van der Waals surface area contributed by atoms with Crippen molar-refractivity contribution in [1.29, 1.82) is 0 Å². The van der Waals surface area contributed by atoms with Gasteiger partial charge in [-0.3, -0.25) is 0 Å². The lowest BCUT2D eigenvalue weighted by Crippen LogP contribution is -1.88. The molecule has 0 aliphatic heterocycles. The van der Waals surface area contributed by atoms with Crippen LogP contribution in [0.5, 0.6) is 11.5 Å². The number of nitrogen functional groups attached to an aromatic ring is 1. The van der Waals surface area contributed by atoms with E-state index in [-0.39, 0.29) is 0 Å². The molecule has 17 heavy (non-hydrogen) atoms. The maximum Gasteiger partial charge on any atom is 0.127 e. The van der Waals surface area contributed by atoms with Gasteiger partial charge in [0.05, 0.1) is 0 Å². The van der Waals surface area contributed by atoms with Crippen LogP contribution < -0.4 is 10.5 Å². The molecular weight excluding hydrogens is 210 g/mol. The first kappa shape index (κ1) is 11.3. The van der Waals surface area contributed by atoms with Crippen molar-refractivity contribution in [2.24, 2.45) is 0 Å². The Morgan fingerprint density at radius 1 is 1.06 bits per heavy atom. The summed E-state index contributed by atoms with van der Waals surface area (Å²) < 4.78 is 5.72. The Bertz CT molecular complexity index is 529. The van der Waals surface area contributed by atoms with Crippen LogP contribution in [0.2, 0.25) is 0 Å². The van der Waals surface area contributed by atoms with Crippen molar-refractivity contribution in [2.45, 2.75) is 6.92 Å². The molecule has 2 heteroatoms. The van der Waals surface area contributed by atoms with Crippen LogP contribution in [0, 0.1) is 6.92 Å². The molecule has 0 fully saturated rings. The largest absolute Gasteiger partial charge is 0.457 e. The average Bonchev–Trinajstić information content (AvgIpc) is 2.32. The highest BCUT2D eigenvalue weighted by Crippen LogP contribution is 2.24. The van der Waals surface area contributed by atoms with Crippen LogP contribution in [-0.4, -0.2) is 0 Å². The van der Waals surface area contributed by atoms with Crippen molar-refractivity contribution in [1.82, 2.24) is 0 Å². The van der Waals surface area contributed by atoms with Crippen LogP contribution in [-0.2, 0) is 0 Å². The van der Waals surface area contributed by atoms with Gasteiger partial charge in [-0.1, -0.05) is 18.7 Å². The summed E-state index contributed by atoms with van der Waals surface area (Å²) in [7, 11) is 0. The zero-order chi connectivity index (χ0) is 12.3. The monoisotopic (exact) mass is 225 g/mol. The smallest absolute Gasteiger partial charge is 0.127 e. The van der Waals surface area contributed by atoms with Gasteiger partial charge in [-0.25, -0.2) is 0 Å². The summed E-state index contributed by atoms with van der Waals surface area (Å²) in [6.07, 6.45) is 1.84. The zero-order valence-electron chi connectivity index (χ0n) is 9.81. The van der Waals surface area contributed by atoms with Gasteiger partial charge in [0, 0.05) is 5.69 Å². The highest BCUT2D eigenvalue weighted by atomic mass is 16.5. The van der Waals surface area contributed by atoms with Crippen LogP contribution in [0.3, 0.4) is 0 Å². The summed E-state index contributed by atoms with van der Waals surface area (Å²) in [6, 6.07) is 13.3.